The topological polar surface area (TPSA) is 124 Å². The van der Waals surface area contributed by atoms with E-state index in [-0.39, 0.29) is 10.3 Å². The average Bonchev–Trinajstić information content (AvgIpc) is 2.78. The van der Waals surface area contributed by atoms with Crippen molar-refractivity contribution in [2.75, 3.05) is 24.9 Å². The summed E-state index contributed by atoms with van der Waals surface area (Å²) in [5.74, 6) is 1.70. The van der Waals surface area contributed by atoms with Crippen molar-refractivity contribution in [3.8, 4) is 17.6 Å². The van der Waals surface area contributed by atoms with Crippen molar-refractivity contribution in [2.45, 2.75) is 6.54 Å². The normalized spacial score (nSPS) is 10.0. The van der Waals surface area contributed by atoms with E-state index in [1.54, 1.807) is 32.4 Å². The molecule has 3 N–H and O–H groups in total. The number of aromatic nitrogens is 2. The number of H-pyrrole nitrogens is 1. The minimum atomic E-state index is 0.0475. The molecule has 0 fully saturated rings. The van der Waals surface area contributed by atoms with E-state index in [0.717, 1.165) is 11.3 Å². The van der Waals surface area contributed by atoms with E-state index in [2.05, 4.69) is 31.8 Å². The smallest absolute Gasteiger partial charge is 0.205 e. The van der Waals surface area contributed by atoms with Gasteiger partial charge in [-0.25, -0.2) is 4.98 Å². The van der Waals surface area contributed by atoms with Crippen molar-refractivity contribution in [3.63, 3.8) is 0 Å². The minimum Gasteiger partial charge on any atom is -0.497 e. The van der Waals surface area contributed by atoms with Crippen molar-refractivity contribution in [1.29, 1.82) is 5.26 Å². The lowest BCUT2D eigenvalue weighted by Crippen LogP contribution is -2.06. The Morgan fingerprint density at radius 1 is 1.20 bits per heavy atom. The molecule has 3 rings (SSSR count). The molecular weight excluding hydrogens is 404 g/mol. The summed E-state index contributed by atoms with van der Waals surface area (Å²) in [6, 6.07) is 12.8. The maximum Gasteiger partial charge on any atom is 0.205 e. The van der Waals surface area contributed by atoms with Gasteiger partial charge in [-0.05, 0) is 35.5 Å². The second-order valence-electron chi connectivity index (χ2n) is 6.07. The summed E-state index contributed by atoms with van der Waals surface area (Å²) in [5, 5.41) is 18.4. The van der Waals surface area contributed by atoms with Crippen LogP contribution in [-0.4, -0.2) is 24.2 Å². The van der Waals surface area contributed by atoms with Gasteiger partial charge in [-0.1, -0.05) is 12.2 Å². The van der Waals surface area contributed by atoms with Gasteiger partial charge in [0.25, 0.3) is 0 Å². The molecule has 0 aliphatic heterocycles. The van der Waals surface area contributed by atoms with Crippen molar-refractivity contribution < 1.29 is 9.47 Å². The Hall–Kier alpha value is -3.97. The first-order chi connectivity index (χ1) is 14.6. The van der Waals surface area contributed by atoms with Crippen LogP contribution in [0.5, 0.6) is 11.5 Å². The van der Waals surface area contributed by atoms with Gasteiger partial charge in [0.05, 0.1) is 43.4 Å². The minimum absolute atomic E-state index is 0.0475. The predicted octanol–water partition coefficient (Wildman–Crippen LogP) is 4.78. The number of nitrogens with zero attached hydrogens (tertiary/aromatic N) is 3. The molecule has 1 aromatic heterocycles. The Kier molecular flexibility index (Phi) is 6.56. The summed E-state index contributed by atoms with van der Waals surface area (Å²) in [6.07, 6.45) is 1.28. The quantitative estimate of drug-likeness (QED) is 0.350. The summed E-state index contributed by atoms with van der Waals surface area (Å²) in [6.45, 7) is 0.463. The molecule has 0 radical (unpaired) electrons. The molecule has 3 aromatic rings. The highest BCUT2D eigenvalue weighted by Crippen LogP contribution is 2.29. The molecule has 0 aliphatic rings. The van der Waals surface area contributed by atoms with Gasteiger partial charge in [-0.3, -0.25) is 0 Å². The fourth-order valence-electron chi connectivity index (χ4n) is 2.70. The molecule has 0 saturated heterocycles. The number of nitrogens with one attached hydrogen (secondary N) is 3. The number of hydrogen-bond acceptors (Lipinski definition) is 9. The van der Waals surface area contributed by atoms with Crippen LogP contribution in [0.2, 0.25) is 0 Å². The second kappa shape index (κ2) is 9.49. The van der Waals surface area contributed by atoms with Gasteiger partial charge in [0, 0.05) is 18.2 Å². The Balaban J connectivity index is 1.87. The highest BCUT2D eigenvalue weighted by atomic mass is 32.1. The van der Waals surface area contributed by atoms with Gasteiger partial charge < -0.3 is 25.1 Å². The highest BCUT2D eigenvalue weighted by molar-refractivity contribution is 7.71. The third-order valence-corrected chi connectivity index (χ3v) is 4.56. The summed E-state index contributed by atoms with van der Waals surface area (Å²) in [5.41, 5.74) is 2.77. The SMILES string of the molecule is COc1ccc(CNc2ccc(C#N)cc2Nc2ncc(N=O)c(=S)[nH]2)c(OC)c1. The average molecular weight is 422 g/mol. The molecule has 0 saturated carbocycles. The molecule has 9 nitrogen and oxygen atoms in total. The van der Waals surface area contributed by atoms with Crippen LogP contribution < -0.4 is 20.1 Å². The third kappa shape index (κ3) is 4.71. The van der Waals surface area contributed by atoms with Crippen LogP contribution in [0.3, 0.4) is 0 Å². The highest BCUT2D eigenvalue weighted by Gasteiger charge is 2.10. The lowest BCUT2D eigenvalue weighted by molar-refractivity contribution is 0.391. The summed E-state index contributed by atoms with van der Waals surface area (Å²) >= 11 is 5.08. The molecule has 30 heavy (non-hydrogen) atoms. The number of rotatable bonds is 8. The van der Waals surface area contributed by atoms with Gasteiger partial charge in [-0.15, -0.1) is 4.91 Å². The van der Waals surface area contributed by atoms with Gasteiger partial charge in [-0.2, -0.15) is 5.26 Å². The third-order valence-electron chi connectivity index (χ3n) is 4.24. The number of nitriles is 1. The zero-order valence-electron chi connectivity index (χ0n) is 16.2. The molecule has 0 bridgehead atoms. The van der Waals surface area contributed by atoms with E-state index in [0.29, 0.717) is 35.2 Å². The van der Waals surface area contributed by atoms with Crippen LogP contribution in [-0.2, 0) is 6.54 Å². The molecular formula is C20H18N6O3S. The monoisotopic (exact) mass is 422 g/mol. The number of nitroso groups, excluding NO2 is 1. The first-order valence-electron chi connectivity index (χ1n) is 8.76. The van der Waals surface area contributed by atoms with E-state index in [1.165, 1.54) is 6.20 Å². The zero-order chi connectivity index (χ0) is 21.5. The molecule has 10 heteroatoms. The van der Waals surface area contributed by atoms with E-state index in [9.17, 15) is 10.2 Å². The summed E-state index contributed by atoms with van der Waals surface area (Å²) < 4.78 is 10.8. The zero-order valence-corrected chi connectivity index (χ0v) is 17.0. The molecule has 152 valence electrons. The second-order valence-corrected chi connectivity index (χ2v) is 6.47. The van der Waals surface area contributed by atoms with E-state index < -0.39 is 0 Å². The predicted molar refractivity (Wildman–Crippen MR) is 116 cm³/mol. The number of anilines is 3. The van der Waals surface area contributed by atoms with Crippen molar-refractivity contribution in [1.82, 2.24) is 9.97 Å². The summed E-state index contributed by atoms with van der Waals surface area (Å²) in [7, 11) is 3.19. The fraction of sp³-hybridized carbons (Fsp3) is 0.150. The van der Waals surface area contributed by atoms with Crippen LogP contribution in [0.4, 0.5) is 23.0 Å². The van der Waals surface area contributed by atoms with Crippen molar-refractivity contribution >= 4 is 35.2 Å². The maximum atomic E-state index is 10.7. The van der Waals surface area contributed by atoms with Crippen molar-refractivity contribution in [2.24, 2.45) is 5.18 Å². The lowest BCUT2D eigenvalue weighted by atomic mass is 10.1. The fourth-order valence-corrected chi connectivity index (χ4v) is 2.89. The number of ether oxygens (including phenoxy) is 2. The molecule has 0 unspecified atom stereocenters. The standard InChI is InChI=1S/C20H18N6O3S/c1-28-14-5-4-13(18(8-14)29-2)10-22-15-6-3-12(9-21)7-16(15)24-20-23-11-17(26-27)19(30)25-20/h3-8,11,22H,10H2,1-2H3,(H2,23,24,25,30). The van der Waals surface area contributed by atoms with Crippen LogP contribution in [0.25, 0.3) is 0 Å². The Morgan fingerprint density at radius 3 is 2.70 bits per heavy atom. The van der Waals surface area contributed by atoms with Gasteiger partial charge in [0.2, 0.25) is 5.95 Å². The van der Waals surface area contributed by atoms with E-state index >= 15 is 0 Å². The number of benzene rings is 2. The maximum absolute atomic E-state index is 10.7. The molecule has 2 aromatic carbocycles. The van der Waals surface area contributed by atoms with Crippen molar-refractivity contribution in [3.05, 3.63) is 63.3 Å². The van der Waals surface area contributed by atoms with E-state index in [1.807, 2.05) is 18.2 Å². The first kappa shape index (κ1) is 20.8. The van der Waals surface area contributed by atoms with Crippen LogP contribution in [0.15, 0.2) is 47.8 Å². The Bertz CT molecular complexity index is 1170. The molecule has 0 spiro atoms. The molecule has 1 heterocycles. The van der Waals surface area contributed by atoms with Crippen LogP contribution >= 0.6 is 12.2 Å². The van der Waals surface area contributed by atoms with Crippen LogP contribution in [0, 0.1) is 20.9 Å². The Labute approximate surface area is 177 Å². The van der Waals surface area contributed by atoms with Crippen LogP contribution in [0.1, 0.15) is 11.1 Å². The first-order valence-corrected chi connectivity index (χ1v) is 9.17. The lowest BCUT2D eigenvalue weighted by Gasteiger charge is -2.16. The summed E-state index contributed by atoms with van der Waals surface area (Å²) in [4.78, 5) is 17.6. The van der Waals surface area contributed by atoms with E-state index in [4.69, 9.17) is 21.7 Å². The molecule has 0 atom stereocenters. The molecule has 0 amide bonds. The number of hydrogen-bond donors (Lipinski definition) is 3. The Morgan fingerprint density at radius 2 is 2.03 bits per heavy atom. The number of methoxy groups -OCH3 is 2. The van der Waals surface area contributed by atoms with Gasteiger partial charge in [0.1, 0.15) is 16.1 Å². The van der Waals surface area contributed by atoms with Gasteiger partial charge >= 0.3 is 0 Å². The largest absolute Gasteiger partial charge is 0.497 e. The number of aromatic amines is 1. The van der Waals surface area contributed by atoms with Gasteiger partial charge in [0.15, 0.2) is 5.69 Å². The molecule has 0 aliphatic carbocycles.